The Hall–Kier alpha value is -1.60. The number of hydrogen-bond donors (Lipinski definition) is 1. The predicted octanol–water partition coefficient (Wildman–Crippen LogP) is 4.34. The molecular weight excluding hydrogens is 232 g/mol. The molecule has 100 valence electrons. The fourth-order valence-corrected chi connectivity index (χ4v) is 2.85. The Kier molecular flexibility index (Phi) is 4.06. The van der Waals surface area contributed by atoms with Crippen LogP contribution in [-0.2, 0) is 5.60 Å². The van der Waals surface area contributed by atoms with Crippen LogP contribution in [-0.4, -0.2) is 5.11 Å². The lowest BCUT2D eigenvalue weighted by Gasteiger charge is -2.32. The summed E-state index contributed by atoms with van der Waals surface area (Å²) in [5.41, 5.74) is 3.44. The van der Waals surface area contributed by atoms with Gasteiger partial charge in [-0.2, -0.15) is 0 Å². The lowest BCUT2D eigenvalue weighted by atomic mass is 9.79. The molecule has 0 amide bonds. The standard InChI is InChI=1S/C18H22O/c1-4-13-18(19,16-11-7-5-9-14(16)2)17-12-8-6-10-15(17)3/h5-12,19H,4,13H2,1-3H3. The van der Waals surface area contributed by atoms with E-state index in [1.807, 2.05) is 36.4 Å². The molecule has 1 N–H and O–H groups in total. The predicted molar refractivity (Wildman–Crippen MR) is 80.3 cm³/mol. The summed E-state index contributed by atoms with van der Waals surface area (Å²) in [5.74, 6) is 0. The molecule has 2 rings (SSSR count). The van der Waals surface area contributed by atoms with Gasteiger partial charge in [-0.3, -0.25) is 0 Å². The zero-order valence-electron chi connectivity index (χ0n) is 12.0. The van der Waals surface area contributed by atoms with Gasteiger partial charge in [0.05, 0.1) is 0 Å². The van der Waals surface area contributed by atoms with Gasteiger partial charge in [0, 0.05) is 0 Å². The molecule has 0 aliphatic heterocycles. The number of hydrogen-bond acceptors (Lipinski definition) is 1. The largest absolute Gasteiger partial charge is 0.380 e. The van der Waals surface area contributed by atoms with Crippen molar-refractivity contribution in [1.82, 2.24) is 0 Å². The smallest absolute Gasteiger partial charge is 0.115 e. The van der Waals surface area contributed by atoms with Gasteiger partial charge in [-0.15, -0.1) is 0 Å². The number of aliphatic hydroxyl groups is 1. The van der Waals surface area contributed by atoms with Crippen LogP contribution in [0.15, 0.2) is 48.5 Å². The summed E-state index contributed by atoms with van der Waals surface area (Å²) < 4.78 is 0. The topological polar surface area (TPSA) is 20.2 Å². The maximum atomic E-state index is 11.3. The van der Waals surface area contributed by atoms with Gasteiger partial charge in [0.2, 0.25) is 0 Å². The van der Waals surface area contributed by atoms with Crippen LogP contribution in [0.3, 0.4) is 0 Å². The molecule has 0 saturated carbocycles. The highest BCUT2D eigenvalue weighted by atomic mass is 16.3. The van der Waals surface area contributed by atoms with Crippen LogP contribution in [0.25, 0.3) is 0 Å². The maximum Gasteiger partial charge on any atom is 0.115 e. The molecule has 0 heterocycles. The van der Waals surface area contributed by atoms with Gasteiger partial charge >= 0.3 is 0 Å². The van der Waals surface area contributed by atoms with Gasteiger partial charge < -0.3 is 5.11 Å². The average Bonchev–Trinajstić information content (AvgIpc) is 2.39. The number of benzene rings is 2. The minimum Gasteiger partial charge on any atom is -0.380 e. The van der Waals surface area contributed by atoms with Crippen LogP contribution < -0.4 is 0 Å². The Morgan fingerprint density at radius 1 is 0.842 bits per heavy atom. The summed E-state index contributed by atoms with van der Waals surface area (Å²) in [5, 5.41) is 11.3. The molecule has 0 radical (unpaired) electrons. The second-order valence-corrected chi connectivity index (χ2v) is 5.24. The van der Waals surface area contributed by atoms with Crippen LogP contribution in [0, 0.1) is 13.8 Å². The van der Waals surface area contributed by atoms with Crippen molar-refractivity contribution in [1.29, 1.82) is 0 Å². The molecule has 0 aliphatic rings. The Labute approximate surface area is 115 Å². The van der Waals surface area contributed by atoms with Crippen LogP contribution in [0.5, 0.6) is 0 Å². The van der Waals surface area contributed by atoms with E-state index in [4.69, 9.17) is 0 Å². The van der Waals surface area contributed by atoms with Gasteiger partial charge in [-0.1, -0.05) is 61.9 Å². The minimum atomic E-state index is -0.883. The third-order valence-electron chi connectivity index (χ3n) is 3.79. The first-order valence-corrected chi connectivity index (χ1v) is 6.94. The third kappa shape index (κ3) is 2.57. The van der Waals surface area contributed by atoms with Crippen molar-refractivity contribution in [2.75, 3.05) is 0 Å². The van der Waals surface area contributed by atoms with E-state index < -0.39 is 5.60 Å². The van der Waals surface area contributed by atoms with E-state index in [0.29, 0.717) is 0 Å². The molecule has 0 aromatic heterocycles. The van der Waals surface area contributed by atoms with Crippen molar-refractivity contribution in [3.05, 3.63) is 70.8 Å². The summed E-state index contributed by atoms with van der Waals surface area (Å²) in [4.78, 5) is 0. The highest BCUT2D eigenvalue weighted by Gasteiger charge is 2.32. The maximum absolute atomic E-state index is 11.3. The van der Waals surface area contributed by atoms with Gasteiger partial charge in [0.1, 0.15) is 5.60 Å². The first kappa shape index (κ1) is 13.8. The van der Waals surface area contributed by atoms with E-state index in [9.17, 15) is 5.11 Å². The van der Waals surface area contributed by atoms with Crippen molar-refractivity contribution in [3.63, 3.8) is 0 Å². The molecular formula is C18H22O. The first-order chi connectivity index (χ1) is 9.09. The fourth-order valence-electron chi connectivity index (χ4n) is 2.85. The average molecular weight is 254 g/mol. The van der Waals surface area contributed by atoms with Crippen molar-refractivity contribution >= 4 is 0 Å². The normalized spacial score (nSPS) is 11.6. The monoisotopic (exact) mass is 254 g/mol. The molecule has 2 aromatic carbocycles. The van der Waals surface area contributed by atoms with E-state index in [-0.39, 0.29) is 0 Å². The summed E-state index contributed by atoms with van der Waals surface area (Å²) in [6, 6.07) is 16.2. The van der Waals surface area contributed by atoms with Crippen LogP contribution in [0.4, 0.5) is 0 Å². The molecule has 1 nitrogen and oxygen atoms in total. The van der Waals surface area contributed by atoms with E-state index >= 15 is 0 Å². The van der Waals surface area contributed by atoms with E-state index in [1.165, 1.54) is 0 Å². The molecule has 2 aromatic rings. The summed E-state index contributed by atoms with van der Waals surface area (Å²) in [6.07, 6.45) is 1.68. The Morgan fingerprint density at radius 3 is 1.63 bits per heavy atom. The highest BCUT2D eigenvalue weighted by Crippen LogP contribution is 2.37. The minimum absolute atomic E-state index is 0.739. The Bertz CT molecular complexity index is 512. The van der Waals surface area contributed by atoms with Gasteiger partial charge in [0.15, 0.2) is 0 Å². The molecule has 0 spiro atoms. The van der Waals surface area contributed by atoms with Gasteiger partial charge in [0.25, 0.3) is 0 Å². The summed E-state index contributed by atoms with van der Waals surface area (Å²) in [6.45, 7) is 6.24. The van der Waals surface area contributed by atoms with Crippen molar-refractivity contribution in [2.45, 2.75) is 39.2 Å². The summed E-state index contributed by atoms with van der Waals surface area (Å²) >= 11 is 0. The fraction of sp³-hybridized carbons (Fsp3) is 0.333. The van der Waals surface area contributed by atoms with E-state index in [0.717, 1.165) is 35.1 Å². The van der Waals surface area contributed by atoms with Gasteiger partial charge in [-0.25, -0.2) is 0 Å². The zero-order valence-corrected chi connectivity index (χ0v) is 12.0. The Balaban J connectivity index is 2.62. The molecule has 0 atom stereocenters. The van der Waals surface area contributed by atoms with Crippen LogP contribution >= 0.6 is 0 Å². The van der Waals surface area contributed by atoms with E-state index in [2.05, 4.69) is 32.9 Å². The molecule has 0 saturated heterocycles. The molecule has 0 fully saturated rings. The molecule has 0 unspecified atom stereocenters. The van der Waals surface area contributed by atoms with Crippen molar-refractivity contribution in [3.8, 4) is 0 Å². The van der Waals surface area contributed by atoms with E-state index in [1.54, 1.807) is 0 Å². The molecule has 0 aliphatic carbocycles. The molecule has 19 heavy (non-hydrogen) atoms. The second kappa shape index (κ2) is 5.58. The number of aryl methyl sites for hydroxylation is 2. The van der Waals surface area contributed by atoms with Gasteiger partial charge in [-0.05, 0) is 42.5 Å². The molecule has 0 bridgehead atoms. The van der Waals surface area contributed by atoms with Crippen LogP contribution in [0.1, 0.15) is 42.0 Å². The van der Waals surface area contributed by atoms with Crippen LogP contribution in [0.2, 0.25) is 0 Å². The lowest BCUT2D eigenvalue weighted by molar-refractivity contribution is 0.0689. The SMILES string of the molecule is CCCC(O)(c1ccccc1C)c1ccccc1C. The van der Waals surface area contributed by atoms with Crippen molar-refractivity contribution < 1.29 is 5.11 Å². The molecule has 1 heteroatoms. The quantitative estimate of drug-likeness (QED) is 0.860. The first-order valence-electron chi connectivity index (χ1n) is 6.94. The highest BCUT2D eigenvalue weighted by molar-refractivity contribution is 5.43. The second-order valence-electron chi connectivity index (χ2n) is 5.24. The lowest BCUT2D eigenvalue weighted by Crippen LogP contribution is -2.29. The third-order valence-corrected chi connectivity index (χ3v) is 3.79. The summed E-state index contributed by atoms with van der Waals surface area (Å²) in [7, 11) is 0. The zero-order chi connectivity index (χ0) is 13.9. The number of rotatable bonds is 4. The Morgan fingerprint density at radius 2 is 1.26 bits per heavy atom. The van der Waals surface area contributed by atoms with Crippen molar-refractivity contribution in [2.24, 2.45) is 0 Å².